The highest BCUT2D eigenvalue weighted by Gasteiger charge is 2.07. The smallest absolute Gasteiger partial charge is 0.244 e. The van der Waals surface area contributed by atoms with E-state index >= 15 is 0 Å². The Morgan fingerprint density at radius 3 is 2.92 bits per heavy atom. The van der Waals surface area contributed by atoms with Crippen LogP contribution in [0.3, 0.4) is 0 Å². The Labute approximate surface area is 141 Å². The molecule has 0 fully saturated rings. The predicted octanol–water partition coefficient (Wildman–Crippen LogP) is 3.31. The molecule has 0 aliphatic heterocycles. The van der Waals surface area contributed by atoms with Crippen molar-refractivity contribution in [3.63, 3.8) is 0 Å². The third-order valence-corrected chi connectivity index (χ3v) is 3.89. The maximum absolute atomic E-state index is 12.9. The van der Waals surface area contributed by atoms with Crippen LogP contribution in [-0.2, 0) is 11.2 Å². The quantitative estimate of drug-likeness (QED) is 0.697. The zero-order valence-corrected chi connectivity index (χ0v) is 13.4. The second kappa shape index (κ2) is 7.65. The number of carbonyl (C=O) groups is 1. The molecule has 0 spiro atoms. The lowest BCUT2D eigenvalue weighted by molar-refractivity contribution is -0.116. The first kappa shape index (κ1) is 16.1. The normalized spacial score (nSPS) is 11.0. The van der Waals surface area contributed by atoms with Crippen LogP contribution in [0.5, 0.6) is 0 Å². The van der Waals surface area contributed by atoms with E-state index in [1.807, 2.05) is 5.38 Å². The van der Waals surface area contributed by atoms with E-state index in [-0.39, 0.29) is 11.7 Å². The molecule has 2 aromatic heterocycles. The highest BCUT2D eigenvalue weighted by Crippen LogP contribution is 2.18. The lowest BCUT2D eigenvalue weighted by Crippen LogP contribution is -2.23. The van der Waals surface area contributed by atoms with Crippen molar-refractivity contribution in [2.75, 3.05) is 6.54 Å². The van der Waals surface area contributed by atoms with Gasteiger partial charge in [0.05, 0.1) is 5.69 Å². The van der Waals surface area contributed by atoms with Crippen LogP contribution in [0.4, 0.5) is 4.39 Å². The van der Waals surface area contributed by atoms with Gasteiger partial charge in [-0.3, -0.25) is 4.79 Å². The summed E-state index contributed by atoms with van der Waals surface area (Å²) < 4.78 is 18.3. The van der Waals surface area contributed by atoms with E-state index in [1.54, 1.807) is 24.4 Å². The van der Waals surface area contributed by atoms with Crippen LogP contribution in [0.1, 0.15) is 10.7 Å². The minimum Gasteiger partial charge on any atom is -0.444 e. The van der Waals surface area contributed by atoms with Gasteiger partial charge in [0.25, 0.3) is 0 Å². The summed E-state index contributed by atoms with van der Waals surface area (Å²) in [4.78, 5) is 20.1. The molecule has 3 rings (SSSR count). The number of benzene rings is 1. The van der Waals surface area contributed by atoms with Crippen LogP contribution in [0.2, 0.25) is 0 Å². The molecule has 0 aliphatic carbocycles. The van der Waals surface area contributed by atoms with E-state index in [2.05, 4.69) is 15.3 Å². The molecule has 0 saturated carbocycles. The number of nitrogens with zero attached hydrogens (tertiary/aromatic N) is 2. The number of hydrogen-bond acceptors (Lipinski definition) is 5. The van der Waals surface area contributed by atoms with Crippen molar-refractivity contribution < 1.29 is 13.6 Å². The summed E-state index contributed by atoms with van der Waals surface area (Å²) in [5.74, 6) is -0.0634. The molecule has 0 aliphatic rings. The van der Waals surface area contributed by atoms with Gasteiger partial charge in [0.1, 0.15) is 17.1 Å². The zero-order chi connectivity index (χ0) is 16.8. The zero-order valence-electron chi connectivity index (χ0n) is 12.6. The first-order valence-electron chi connectivity index (χ1n) is 7.26. The fourth-order valence-electron chi connectivity index (χ4n) is 1.98. The number of nitrogens with one attached hydrogen (secondary N) is 1. The van der Waals surface area contributed by atoms with E-state index in [9.17, 15) is 9.18 Å². The highest BCUT2D eigenvalue weighted by atomic mass is 32.1. The average molecular weight is 343 g/mol. The van der Waals surface area contributed by atoms with Gasteiger partial charge < -0.3 is 9.73 Å². The van der Waals surface area contributed by atoms with Crippen LogP contribution < -0.4 is 5.32 Å². The van der Waals surface area contributed by atoms with Crippen molar-refractivity contribution >= 4 is 23.3 Å². The molecule has 0 bridgehead atoms. The number of thiazole rings is 1. The molecule has 0 atom stereocenters. The lowest BCUT2D eigenvalue weighted by atomic mass is 10.2. The summed E-state index contributed by atoms with van der Waals surface area (Å²) in [6.07, 6.45) is 6.89. The van der Waals surface area contributed by atoms with Gasteiger partial charge in [-0.15, -0.1) is 11.3 Å². The number of aromatic nitrogens is 2. The van der Waals surface area contributed by atoms with Crippen molar-refractivity contribution in [3.8, 4) is 11.5 Å². The van der Waals surface area contributed by atoms with Gasteiger partial charge in [-0.1, -0.05) is 0 Å². The number of halogens is 1. The van der Waals surface area contributed by atoms with Gasteiger partial charge in [-0.05, 0) is 30.3 Å². The van der Waals surface area contributed by atoms with Gasteiger partial charge in [0.15, 0.2) is 0 Å². The minimum atomic E-state index is -0.306. The largest absolute Gasteiger partial charge is 0.444 e. The Hall–Kier alpha value is -2.80. The Morgan fingerprint density at radius 2 is 2.17 bits per heavy atom. The van der Waals surface area contributed by atoms with Crippen LogP contribution in [-0.4, -0.2) is 22.4 Å². The maximum atomic E-state index is 12.9. The Kier molecular flexibility index (Phi) is 5.12. The number of rotatable bonds is 6. The maximum Gasteiger partial charge on any atom is 0.244 e. The third-order valence-electron chi connectivity index (χ3n) is 3.15. The second-order valence-electron chi connectivity index (χ2n) is 4.90. The minimum absolute atomic E-state index is 0.188. The Morgan fingerprint density at radius 1 is 1.33 bits per heavy atom. The van der Waals surface area contributed by atoms with Crippen LogP contribution >= 0.6 is 11.3 Å². The van der Waals surface area contributed by atoms with Crippen LogP contribution in [0.25, 0.3) is 17.5 Å². The van der Waals surface area contributed by atoms with Gasteiger partial charge in [0, 0.05) is 36.2 Å². The standard InChI is InChI=1S/C17H14FN3O2S/c18-13-3-1-12(2-4-13)17-21-14(11-23-17)7-8-19-15(22)5-6-16-20-9-10-24-16/h1-6,9-11H,7-8H2,(H,19,22)/b6-5+. The second-order valence-corrected chi connectivity index (χ2v) is 5.82. The van der Waals surface area contributed by atoms with Crippen molar-refractivity contribution in [3.05, 3.63) is 64.7 Å². The monoisotopic (exact) mass is 343 g/mol. The summed E-state index contributed by atoms with van der Waals surface area (Å²) in [6, 6.07) is 5.93. The molecule has 5 nitrogen and oxygen atoms in total. The van der Waals surface area contributed by atoms with Crippen molar-refractivity contribution in [1.82, 2.24) is 15.3 Å². The summed E-state index contributed by atoms with van der Waals surface area (Å²) in [6.45, 7) is 0.441. The number of amides is 1. The molecule has 0 radical (unpaired) electrons. The molecule has 7 heteroatoms. The molecule has 1 amide bonds. The molecular weight excluding hydrogens is 329 g/mol. The van der Waals surface area contributed by atoms with E-state index in [0.717, 1.165) is 10.7 Å². The third kappa shape index (κ3) is 4.36. The molecule has 122 valence electrons. The average Bonchev–Trinajstić information content (AvgIpc) is 3.25. The molecular formula is C17H14FN3O2S. The first-order chi connectivity index (χ1) is 11.7. The Balaban J connectivity index is 1.49. The number of hydrogen-bond donors (Lipinski definition) is 1. The van der Waals surface area contributed by atoms with Crippen LogP contribution in [0, 0.1) is 5.82 Å². The fourth-order valence-corrected chi connectivity index (χ4v) is 2.51. The first-order valence-corrected chi connectivity index (χ1v) is 8.14. The van der Waals surface area contributed by atoms with E-state index in [1.165, 1.54) is 35.8 Å². The molecule has 0 unspecified atom stereocenters. The van der Waals surface area contributed by atoms with E-state index < -0.39 is 0 Å². The van der Waals surface area contributed by atoms with Crippen molar-refractivity contribution in [1.29, 1.82) is 0 Å². The fraction of sp³-hybridized carbons (Fsp3) is 0.118. The van der Waals surface area contributed by atoms with Crippen LogP contribution in [0.15, 0.2) is 52.6 Å². The van der Waals surface area contributed by atoms with E-state index in [0.29, 0.717) is 24.4 Å². The topological polar surface area (TPSA) is 68.0 Å². The number of oxazole rings is 1. The summed E-state index contributed by atoms with van der Waals surface area (Å²) >= 11 is 1.46. The Bertz CT molecular complexity index is 826. The van der Waals surface area contributed by atoms with Gasteiger partial charge >= 0.3 is 0 Å². The molecule has 1 N–H and O–H groups in total. The highest BCUT2D eigenvalue weighted by molar-refractivity contribution is 7.10. The molecule has 24 heavy (non-hydrogen) atoms. The van der Waals surface area contributed by atoms with Crippen molar-refractivity contribution in [2.45, 2.75) is 6.42 Å². The summed E-state index contributed by atoms with van der Waals surface area (Å²) in [5.41, 5.74) is 1.43. The van der Waals surface area contributed by atoms with Gasteiger partial charge in [-0.2, -0.15) is 0 Å². The van der Waals surface area contributed by atoms with Gasteiger partial charge in [0.2, 0.25) is 11.8 Å². The van der Waals surface area contributed by atoms with Crippen molar-refractivity contribution in [2.24, 2.45) is 0 Å². The number of carbonyl (C=O) groups excluding carboxylic acids is 1. The SMILES string of the molecule is O=C(/C=C/c1nccs1)NCCc1coc(-c2ccc(F)cc2)n1. The molecule has 1 aromatic carbocycles. The van der Waals surface area contributed by atoms with E-state index in [4.69, 9.17) is 4.42 Å². The molecule has 0 saturated heterocycles. The molecule has 3 aromatic rings. The van der Waals surface area contributed by atoms with Gasteiger partial charge in [-0.25, -0.2) is 14.4 Å². The summed E-state index contributed by atoms with van der Waals surface area (Å²) in [7, 11) is 0. The molecule has 2 heterocycles. The lowest BCUT2D eigenvalue weighted by Gasteiger charge is -1.99. The predicted molar refractivity (Wildman–Crippen MR) is 89.8 cm³/mol. The summed E-state index contributed by atoms with van der Waals surface area (Å²) in [5, 5.41) is 5.40.